The van der Waals surface area contributed by atoms with Crippen LogP contribution in [0, 0.1) is 0 Å². The molecule has 2 N–H and O–H groups in total. The number of carboxylic acid groups (broad SMARTS) is 1. The highest BCUT2D eigenvalue weighted by molar-refractivity contribution is 9.10. The standard InChI is InChI=1S/C10H11BrO4/c11-8-3-1-2-7(6-8)9(10(13)14)15-5-4-12/h1-3,6,9,12H,4-5H2,(H,13,14). The lowest BCUT2D eigenvalue weighted by Crippen LogP contribution is -2.17. The van der Waals surface area contributed by atoms with E-state index in [1.165, 1.54) is 0 Å². The van der Waals surface area contributed by atoms with Gasteiger partial charge in [-0.05, 0) is 17.7 Å². The third kappa shape index (κ3) is 3.62. The van der Waals surface area contributed by atoms with E-state index >= 15 is 0 Å². The molecule has 5 heteroatoms. The lowest BCUT2D eigenvalue weighted by atomic mass is 10.1. The van der Waals surface area contributed by atoms with Gasteiger partial charge in [-0.3, -0.25) is 0 Å². The van der Waals surface area contributed by atoms with Crippen molar-refractivity contribution in [3.8, 4) is 0 Å². The molecule has 0 aliphatic carbocycles. The van der Waals surface area contributed by atoms with E-state index in [2.05, 4.69) is 15.9 Å². The van der Waals surface area contributed by atoms with Crippen molar-refractivity contribution in [2.45, 2.75) is 6.10 Å². The SMILES string of the molecule is O=C(O)C(OCCO)c1cccc(Br)c1. The first-order valence-corrected chi connectivity index (χ1v) is 5.15. The molecule has 1 aromatic rings. The summed E-state index contributed by atoms with van der Waals surface area (Å²) < 4.78 is 5.81. The van der Waals surface area contributed by atoms with Gasteiger partial charge in [-0.25, -0.2) is 4.79 Å². The van der Waals surface area contributed by atoms with Crippen LogP contribution < -0.4 is 0 Å². The lowest BCUT2D eigenvalue weighted by Gasteiger charge is -2.13. The van der Waals surface area contributed by atoms with Crippen molar-refractivity contribution in [1.29, 1.82) is 0 Å². The van der Waals surface area contributed by atoms with E-state index in [-0.39, 0.29) is 13.2 Å². The minimum Gasteiger partial charge on any atom is -0.479 e. The molecule has 0 radical (unpaired) electrons. The van der Waals surface area contributed by atoms with Crippen molar-refractivity contribution in [3.63, 3.8) is 0 Å². The van der Waals surface area contributed by atoms with Gasteiger partial charge in [0.2, 0.25) is 0 Å². The second kappa shape index (κ2) is 5.85. The highest BCUT2D eigenvalue weighted by Gasteiger charge is 2.20. The van der Waals surface area contributed by atoms with Gasteiger partial charge in [0.1, 0.15) is 0 Å². The number of hydrogen-bond donors (Lipinski definition) is 2. The second-order valence-corrected chi connectivity index (χ2v) is 3.78. The van der Waals surface area contributed by atoms with Crippen LogP contribution >= 0.6 is 15.9 Å². The molecule has 15 heavy (non-hydrogen) atoms. The zero-order valence-electron chi connectivity index (χ0n) is 7.89. The summed E-state index contributed by atoms with van der Waals surface area (Å²) in [7, 11) is 0. The Bertz CT molecular complexity index is 340. The molecule has 0 saturated heterocycles. The maximum absolute atomic E-state index is 10.9. The Labute approximate surface area is 95.6 Å². The maximum Gasteiger partial charge on any atom is 0.337 e. The third-order valence-electron chi connectivity index (χ3n) is 1.75. The van der Waals surface area contributed by atoms with E-state index in [4.69, 9.17) is 14.9 Å². The van der Waals surface area contributed by atoms with Crippen LogP contribution in [0.5, 0.6) is 0 Å². The van der Waals surface area contributed by atoms with E-state index in [0.29, 0.717) is 5.56 Å². The quantitative estimate of drug-likeness (QED) is 0.856. The minimum atomic E-state index is -1.07. The molecular weight excluding hydrogens is 264 g/mol. The molecule has 0 bridgehead atoms. The number of ether oxygens (including phenoxy) is 1. The van der Waals surface area contributed by atoms with Gasteiger partial charge in [-0.15, -0.1) is 0 Å². The molecule has 1 unspecified atom stereocenters. The van der Waals surface area contributed by atoms with Gasteiger partial charge >= 0.3 is 5.97 Å². The number of halogens is 1. The fourth-order valence-electron chi connectivity index (χ4n) is 1.15. The molecule has 0 spiro atoms. The smallest absolute Gasteiger partial charge is 0.337 e. The van der Waals surface area contributed by atoms with Crippen molar-refractivity contribution < 1.29 is 19.7 Å². The summed E-state index contributed by atoms with van der Waals surface area (Å²) in [5, 5.41) is 17.5. The number of carboxylic acids is 1. The Hall–Kier alpha value is -0.910. The van der Waals surface area contributed by atoms with Crippen molar-refractivity contribution in [1.82, 2.24) is 0 Å². The average molecular weight is 275 g/mol. The van der Waals surface area contributed by atoms with Crippen molar-refractivity contribution >= 4 is 21.9 Å². The Kier molecular flexibility index (Phi) is 4.74. The van der Waals surface area contributed by atoms with Crippen molar-refractivity contribution in [3.05, 3.63) is 34.3 Å². The first-order chi connectivity index (χ1) is 7.15. The highest BCUT2D eigenvalue weighted by Crippen LogP contribution is 2.21. The first kappa shape index (κ1) is 12.2. The molecule has 0 aliphatic heterocycles. The summed E-state index contributed by atoms with van der Waals surface area (Å²) in [5.41, 5.74) is 0.547. The molecule has 1 aromatic carbocycles. The second-order valence-electron chi connectivity index (χ2n) is 2.87. The topological polar surface area (TPSA) is 66.8 Å². The Morgan fingerprint density at radius 3 is 2.80 bits per heavy atom. The summed E-state index contributed by atoms with van der Waals surface area (Å²) in [5.74, 6) is -1.07. The monoisotopic (exact) mass is 274 g/mol. The Morgan fingerprint density at radius 1 is 1.53 bits per heavy atom. The van der Waals surface area contributed by atoms with Crippen molar-refractivity contribution in [2.75, 3.05) is 13.2 Å². The zero-order chi connectivity index (χ0) is 11.3. The number of rotatable bonds is 5. The normalized spacial score (nSPS) is 12.4. The van der Waals surface area contributed by atoms with Gasteiger partial charge in [0.25, 0.3) is 0 Å². The van der Waals surface area contributed by atoms with Gasteiger partial charge in [0, 0.05) is 4.47 Å². The molecule has 0 aliphatic rings. The summed E-state index contributed by atoms with van der Waals surface area (Å²) >= 11 is 3.25. The fraction of sp³-hybridized carbons (Fsp3) is 0.300. The molecule has 0 fully saturated rings. The van der Waals surface area contributed by atoms with Crippen LogP contribution in [0.25, 0.3) is 0 Å². The predicted molar refractivity (Wildman–Crippen MR) is 57.6 cm³/mol. The van der Waals surface area contributed by atoms with Crippen molar-refractivity contribution in [2.24, 2.45) is 0 Å². The Balaban J connectivity index is 2.84. The average Bonchev–Trinajstić information content (AvgIpc) is 2.18. The van der Waals surface area contributed by atoms with Gasteiger partial charge in [0.05, 0.1) is 13.2 Å². The zero-order valence-corrected chi connectivity index (χ0v) is 9.48. The van der Waals surface area contributed by atoms with Gasteiger partial charge in [0.15, 0.2) is 6.10 Å². The summed E-state index contributed by atoms with van der Waals surface area (Å²) in [4.78, 5) is 10.9. The third-order valence-corrected chi connectivity index (χ3v) is 2.24. The van der Waals surface area contributed by atoms with Crippen LogP contribution in [0.2, 0.25) is 0 Å². The first-order valence-electron chi connectivity index (χ1n) is 4.36. The molecular formula is C10H11BrO4. The minimum absolute atomic E-state index is 0.00345. The maximum atomic E-state index is 10.9. The molecule has 0 aromatic heterocycles. The van der Waals surface area contributed by atoms with Gasteiger partial charge in [-0.1, -0.05) is 28.1 Å². The highest BCUT2D eigenvalue weighted by atomic mass is 79.9. The number of aliphatic hydroxyl groups is 1. The lowest BCUT2D eigenvalue weighted by molar-refractivity contribution is -0.151. The molecule has 1 rings (SSSR count). The predicted octanol–water partition coefficient (Wildman–Crippen LogP) is 1.58. The number of aliphatic hydroxyl groups excluding tert-OH is 1. The summed E-state index contributed by atoms with van der Waals surface area (Å²) in [6, 6.07) is 6.88. The van der Waals surface area contributed by atoms with Crippen LogP contribution in [0.1, 0.15) is 11.7 Å². The summed E-state index contributed by atoms with van der Waals surface area (Å²) in [6.07, 6.45) is -1.03. The van der Waals surface area contributed by atoms with Gasteiger partial charge < -0.3 is 14.9 Å². The van der Waals surface area contributed by atoms with Crippen LogP contribution in [-0.4, -0.2) is 29.4 Å². The number of aliphatic carboxylic acids is 1. The van der Waals surface area contributed by atoms with E-state index in [0.717, 1.165) is 4.47 Å². The van der Waals surface area contributed by atoms with Crippen LogP contribution in [0.15, 0.2) is 28.7 Å². The largest absolute Gasteiger partial charge is 0.479 e. The molecule has 1 atom stereocenters. The van der Waals surface area contributed by atoms with Crippen LogP contribution in [0.3, 0.4) is 0 Å². The number of benzene rings is 1. The molecule has 0 amide bonds. The van der Waals surface area contributed by atoms with Gasteiger partial charge in [-0.2, -0.15) is 0 Å². The number of hydrogen-bond acceptors (Lipinski definition) is 3. The molecule has 0 heterocycles. The summed E-state index contributed by atoms with van der Waals surface area (Å²) in [6.45, 7) is -0.193. The van der Waals surface area contributed by atoms with E-state index in [1.54, 1.807) is 24.3 Å². The fourth-order valence-corrected chi connectivity index (χ4v) is 1.57. The van der Waals surface area contributed by atoms with Crippen LogP contribution in [0.4, 0.5) is 0 Å². The molecule has 82 valence electrons. The molecule has 4 nitrogen and oxygen atoms in total. The van der Waals surface area contributed by atoms with E-state index < -0.39 is 12.1 Å². The molecule has 0 saturated carbocycles. The van der Waals surface area contributed by atoms with E-state index in [1.807, 2.05) is 0 Å². The number of carbonyl (C=O) groups is 1. The van der Waals surface area contributed by atoms with E-state index in [9.17, 15) is 4.79 Å². The van der Waals surface area contributed by atoms with Crippen LogP contribution in [-0.2, 0) is 9.53 Å². The Morgan fingerprint density at radius 2 is 2.27 bits per heavy atom.